The third kappa shape index (κ3) is 5.02. The number of hydrogen-bond acceptors (Lipinski definition) is 6. The van der Waals surface area contributed by atoms with E-state index in [1.807, 2.05) is 19.1 Å². The molecule has 7 rings (SSSR count). The van der Waals surface area contributed by atoms with E-state index in [0.29, 0.717) is 11.3 Å². The van der Waals surface area contributed by atoms with E-state index < -0.39 is 82.3 Å². The number of alkyl halides is 3. The monoisotopic (exact) mass is 696 g/mol. The van der Waals surface area contributed by atoms with E-state index in [1.54, 1.807) is 18.2 Å². The second kappa shape index (κ2) is 11.4. The highest BCUT2D eigenvalue weighted by Crippen LogP contribution is 2.64. The van der Waals surface area contributed by atoms with Crippen LogP contribution in [0.3, 0.4) is 0 Å². The van der Waals surface area contributed by atoms with Crippen molar-refractivity contribution in [3.8, 4) is 11.5 Å². The Kier molecular flexibility index (Phi) is 7.66. The molecule has 3 aromatic carbocycles. The summed E-state index contributed by atoms with van der Waals surface area (Å²) in [5.74, 6) is -9.14. The molecule has 254 valence electrons. The molecule has 2 aliphatic heterocycles. The second-order valence-corrected chi connectivity index (χ2v) is 13.5. The minimum Gasteiger partial charge on any atom is -0.508 e. The summed E-state index contributed by atoms with van der Waals surface area (Å²) in [5, 5.41) is 10.8. The molecule has 4 aliphatic rings. The Hall–Kier alpha value is -4.71. The molecule has 1 saturated carbocycles. The van der Waals surface area contributed by atoms with Gasteiger partial charge in [-0.1, -0.05) is 42.3 Å². The molecule has 0 radical (unpaired) electrons. The summed E-state index contributed by atoms with van der Waals surface area (Å²) in [6, 6.07) is 13.3. The first kappa shape index (κ1) is 32.8. The quantitative estimate of drug-likeness (QED) is 0.174. The number of carbonyl (C=O) groups excluding carboxylic acids is 4. The van der Waals surface area contributed by atoms with Crippen molar-refractivity contribution in [1.82, 2.24) is 0 Å². The first-order valence-electron chi connectivity index (χ1n) is 15.7. The van der Waals surface area contributed by atoms with Crippen LogP contribution in [0.5, 0.6) is 11.5 Å². The van der Waals surface area contributed by atoms with Crippen molar-refractivity contribution >= 4 is 46.6 Å². The van der Waals surface area contributed by atoms with Crippen LogP contribution in [0.2, 0.25) is 5.02 Å². The number of allylic oxidation sites excluding steroid dienone is 2. The molecule has 3 fully saturated rings. The van der Waals surface area contributed by atoms with Crippen molar-refractivity contribution in [2.45, 2.75) is 45.4 Å². The molecule has 6 atom stereocenters. The van der Waals surface area contributed by atoms with Crippen LogP contribution < -0.4 is 14.5 Å². The van der Waals surface area contributed by atoms with Gasteiger partial charge in [0.05, 0.1) is 39.6 Å². The number of benzene rings is 3. The van der Waals surface area contributed by atoms with Crippen LogP contribution in [-0.4, -0.2) is 35.1 Å². The smallest absolute Gasteiger partial charge is 0.508 e. The minimum atomic E-state index is -5.07. The Balaban J connectivity index is 1.37. The average molecular weight is 697 g/mol. The number of nitrogens with zero attached hydrogens (tertiary/aromatic N) is 2. The van der Waals surface area contributed by atoms with Crippen molar-refractivity contribution in [3.63, 3.8) is 0 Å². The molecule has 0 spiro atoms. The molecule has 49 heavy (non-hydrogen) atoms. The van der Waals surface area contributed by atoms with E-state index in [9.17, 15) is 41.8 Å². The Morgan fingerprint density at radius 3 is 2.27 bits per heavy atom. The number of rotatable bonds is 5. The summed E-state index contributed by atoms with van der Waals surface area (Å²) < 4.78 is 58.2. The summed E-state index contributed by atoms with van der Waals surface area (Å²) in [7, 11) is 0. The number of aryl methyl sites for hydroxylation is 1. The fourth-order valence-corrected chi connectivity index (χ4v) is 8.50. The number of phenols is 1. The normalized spacial score (nSPS) is 28.0. The van der Waals surface area contributed by atoms with Gasteiger partial charge in [0.1, 0.15) is 17.3 Å². The number of halogens is 5. The maximum absolute atomic E-state index is 14.5. The fourth-order valence-electron chi connectivity index (χ4n) is 8.33. The molecule has 2 aliphatic carbocycles. The summed E-state index contributed by atoms with van der Waals surface area (Å²) in [6.45, 7) is 3.47. The predicted octanol–water partition coefficient (Wildman–Crippen LogP) is 7.08. The highest BCUT2D eigenvalue weighted by molar-refractivity contribution is 6.32. The van der Waals surface area contributed by atoms with Crippen molar-refractivity contribution in [2.24, 2.45) is 29.1 Å². The average Bonchev–Trinajstić information content (AvgIpc) is 3.42. The fraction of sp³-hybridized carbons (Fsp3) is 0.333. The lowest BCUT2D eigenvalue weighted by molar-refractivity contribution is -0.274. The summed E-state index contributed by atoms with van der Waals surface area (Å²) in [6.07, 6.45) is -2.57. The van der Waals surface area contributed by atoms with Gasteiger partial charge in [0.25, 0.3) is 0 Å². The van der Waals surface area contributed by atoms with E-state index in [0.717, 1.165) is 52.1 Å². The number of carbonyl (C=O) groups is 4. The Labute approximate surface area is 282 Å². The van der Waals surface area contributed by atoms with Crippen molar-refractivity contribution < 1.29 is 46.6 Å². The maximum Gasteiger partial charge on any atom is 0.573 e. The number of amides is 4. The molecule has 3 aromatic rings. The van der Waals surface area contributed by atoms with Crippen LogP contribution in [-0.2, 0) is 25.6 Å². The van der Waals surface area contributed by atoms with Gasteiger partial charge in [-0.25, -0.2) is 9.29 Å². The van der Waals surface area contributed by atoms with Crippen LogP contribution in [0, 0.1) is 34.9 Å². The third-order valence-electron chi connectivity index (χ3n) is 10.6. The molecular weight excluding hydrogens is 668 g/mol. The number of fused-ring (bicyclic) bond motifs is 4. The molecule has 4 amide bonds. The first-order chi connectivity index (χ1) is 23.1. The van der Waals surface area contributed by atoms with Gasteiger partial charge in [-0.3, -0.25) is 24.1 Å². The second-order valence-electron chi connectivity index (χ2n) is 13.1. The van der Waals surface area contributed by atoms with Crippen molar-refractivity contribution in [3.05, 3.63) is 94.3 Å². The van der Waals surface area contributed by atoms with Gasteiger partial charge in [0.15, 0.2) is 0 Å². The van der Waals surface area contributed by atoms with Gasteiger partial charge in [0.2, 0.25) is 23.6 Å². The van der Waals surface area contributed by atoms with E-state index in [-0.39, 0.29) is 29.1 Å². The van der Waals surface area contributed by atoms with Crippen molar-refractivity contribution in [2.75, 3.05) is 9.80 Å². The van der Waals surface area contributed by atoms with Crippen LogP contribution in [0.15, 0.2) is 72.3 Å². The van der Waals surface area contributed by atoms with Gasteiger partial charge in [0, 0.05) is 11.5 Å². The number of phenolic OH excluding ortho intramolecular Hbond substituents is 1. The summed E-state index contributed by atoms with van der Waals surface area (Å²) >= 11 is 6.02. The lowest BCUT2D eigenvalue weighted by Gasteiger charge is -2.49. The van der Waals surface area contributed by atoms with Gasteiger partial charge >= 0.3 is 6.36 Å². The van der Waals surface area contributed by atoms with Gasteiger partial charge in [-0.2, -0.15) is 0 Å². The van der Waals surface area contributed by atoms with Gasteiger partial charge in [-0.05, 0) is 86.2 Å². The number of ether oxygens (including phenoxy) is 1. The Morgan fingerprint density at radius 2 is 1.61 bits per heavy atom. The van der Waals surface area contributed by atoms with E-state index in [1.165, 1.54) is 13.0 Å². The van der Waals surface area contributed by atoms with Crippen LogP contribution in [0.25, 0.3) is 0 Å². The van der Waals surface area contributed by atoms with Crippen LogP contribution in [0.1, 0.15) is 43.7 Å². The maximum atomic E-state index is 14.5. The minimum absolute atomic E-state index is 0.0159. The van der Waals surface area contributed by atoms with Crippen molar-refractivity contribution in [1.29, 1.82) is 0 Å². The lowest BCUT2D eigenvalue weighted by Crippen LogP contribution is -2.49. The molecule has 0 aromatic heterocycles. The van der Waals surface area contributed by atoms with Gasteiger partial charge < -0.3 is 9.84 Å². The largest absolute Gasteiger partial charge is 0.573 e. The number of imide groups is 2. The SMILES string of the molecule is CCc1ccc(N2C(=O)C3CC=C4C(CC5C(=O)N(c6ccc(F)c(Cl)c6)C(=O)C5(C)C4c4cc(OC(F)(F)F)ccc4O)C3C2=O)cc1. The molecule has 2 saturated heterocycles. The molecule has 0 bridgehead atoms. The summed E-state index contributed by atoms with van der Waals surface area (Å²) in [5.41, 5.74) is 0.0188. The highest BCUT2D eigenvalue weighted by atomic mass is 35.5. The topological polar surface area (TPSA) is 104 Å². The number of anilines is 2. The molecule has 13 heteroatoms. The molecule has 1 N–H and O–H groups in total. The number of hydrogen-bond donors (Lipinski definition) is 1. The molecule has 6 unspecified atom stereocenters. The number of aromatic hydroxyl groups is 1. The van der Waals surface area contributed by atoms with Crippen LogP contribution in [0.4, 0.5) is 28.9 Å². The zero-order valence-electron chi connectivity index (χ0n) is 26.1. The zero-order chi connectivity index (χ0) is 35.2. The highest BCUT2D eigenvalue weighted by Gasteiger charge is 2.68. The Morgan fingerprint density at radius 1 is 0.918 bits per heavy atom. The zero-order valence-corrected chi connectivity index (χ0v) is 26.9. The Bertz CT molecular complexity index is 1960. The predicted molar refractivity (Wildman–Crippen MR) is 169 cm³/mol. The summed E-state index contributed by atoms with van der Waals surface area (Å²) in [4.78, 5) is 58.8. The van der Waals surface area contributed by atoms with Crippen LogP contribution >= 0.6 is 11.6 Å². The lowest BCUT2D eigenvalue weighted by atomic mass is 9.51. The van der Waals surface area contributed by atoms with Gasteiger partial charge in [-0.15, -0.1) is 13.2 Å². The van der Waals surface area contributed by atoms with E-state index >= 15 is 0 Å². The molecular formula is C36H29ClF4N2O6. The first-order valence-corrected chi connectivity index (χ1v) is 16.1. The van der Waals surface area contributed by atoms with E-state index in [4.69, 9.17) is 11.6 Å². The molecule has 2 heterocycles. The molecule has 8 nitrogen and oxygen atoms in total. The third-order valence-corrected chi connectivity index (χ3v) is 10.9. The standard InChI is InChI=1S/C36H29ClF4N2O6/c1-3-17-4-6-18(7-5-17)42-31(45)22-11-10-21-23(29(22)33(42)47)16-25-32(46)43(19-8-12-27(38)26(37)14-19)34(48)35(25,2)30(21)24-15-20(9-13-28(24)44)49-36(39,40)41/h4-10,12-15,22-23,25,29-30,44H,3,11,16H2,1-2H3. The van der Waals surface area contributed by atoms with E-state index in [2.05, 4.69) is 4.74 Å².